The normalized spacial score (nSPS) is 18.0. The molecule has 0 bridgehead atoms. The number of rotatable bonds is 6. The summed E-state index contributed by atoms with van der Waals surface area (Å²) in [6, 6.07) is 0. The summed E-state index contributed by atoms with van der Waals surface area (Å²) in [6.45, 7) is 5.88. The smallest absolute Gasteiger partial charge is 0.222 e. The molecule has 6 heteroatoms. The fourth-order valence-electron chi connectivity index (χ4n) is 2.09. The quantitative estimate of drug-likeness (QED) is 0.729. The van der Waals surface area contributed by atoms with Crippen LogP contribution in [0.2, 0.25) is 0 Å². The number of unbranched alkanes of at least 4 members (excludes halogenated alkanes) is 1. The van der Waals surface area contributed by atoms with Gasteiger partial charge in [-0.05, 0) is 12.8 Å². The van der Waals surface area contributed by atoms with Crippen molar-refractivity contribution in [2.45, 2.75) is 39.5 Å². The van der Waals surface area contributed by atoms with Crippen LogP contribution < -0.4 is 0 Å². The Morgan fingerprint density at radius 3 is 2.17 bits per heavy atom. The summed E-state index contributed by atoms with van der Waals surface area (Å²) >= 11 is 0. The zero-order valence-electron chi connectivity index (χ0n) is 11.4. The largest absolute Gasteiger partial charge is 0.340 e. The molecule has 0 atom stereocenters. The predicted octanol–water partition coefficient (Wildman–Crippen LogP) is 1.06. The van der Waals surface area contributed by atoms with Crippen LogP contribution in [0.4, 0.5) is 0 Å². The van der Waals surface area contributed by atoms with Crippen LogP contribution in [0, 0.1) is 0 Å². The third-order valence-corrected chi connectivity index (χ3v) is 5.27. The minimum absolute atomic E-state index is 0.157. The summed E-state index contributed by atoms with van der Waals surface area (Å²) in [5.41, 5.74) is 0. The first-order valence-corrected chi connectivity index (χ1v) is 8.37. The van der Waals surface area contributed by atoms with Crippen molar-refractivity contribution in [1.29, 1.82) is 0 Å². The van der Waals surface area contributed by atoms with Gasteiger partial charge in [0.15, 0.2) is 0 Å². The maximum atomic E-state index is 11.9. The van der Waals surface area contributed by atoms with Crippen molar-refractivity contribution in [3.8, 4) is 0 Å². The first kappa shape index (κ1) is 15.4. The Balaban J connectivity index is 2.43. The topological polar surface area (TPSA) is 57.7 Å². The Kier molecular flexibility index (Phi) is 6.08. The van der Waals surface area contributed by atoms with E-state index in [1.54, 1.807) is 4.90 Å². The molecule has 0 unspecified atom stereocenters. The number of hydrogen-bond acceptors (Lipinski definition) is 3. The third kappa shape index (κ3) is 4.24. The number of sulfonamides is 1. The van der Waals surface area contributed by atoms with Crippen molar-refractivity contribution >= 4 is 15.9 Å². The van der Waals surface area contributed by atoms with Crippen molar-refractivity contribution in [2.75, 3.05) is 31.9 Å². The second kappa shape index (κ2) is 7.09. The van der Waals surface area contributed by atoms with Gasteiger partial charge in [0, 0.05) is 32.6 Å². The molecular formula is C12H24N2O3S. The lowest BCUT2D eigenvalue weighted by atomic mass is 10.2. The van der Waals surface area contributed by atoms with E-state index < -0.39 is 10.0 Å². The molecule has 0 aromatic carbocycles. The van der Waals surface area contributed by atoms with Gasteiger partial charge in [-0.3, -0.25) is 4.79 Å². The molecule has 0 N–H and O–H groups in total. The Labute approximate surface area is 110 Å². The number of hydrogen-bond donors (Lipinski definition) is 0. The maximum Gasteiger partial charge on any atom is 0.222 e. The zero-order valence-corrected chi connectivity index (χ0v) is 12.2. The van der Waals surface area contributed by atoms with E-state index in [1.807, 2.05) is 6.92 Å². The molecule has 0 aromatic heterocycles. The maximum absolute atomic E-state index is 11.9. The average molecular weight is 276 g/mol. The number of amides is 1. The van der Waals surface area contributed by atoms with E-state index in [0.717, 1.165) is 12.8 Å². The van der Waals surface area contributed by atoms with Crippen molar-refractivity contribution in [3.63, 3.8) is 0 Å². The molecule has 0 aliphatic carbocycles. The van der Waals surface area contributed by atoms with Gasteiger partial charge in [0.1, 0.15) is 0 Å². The third-order valence-electron chi connectivity index (χ3n) is 3.19. The highest BCUT2D eigenvalue weighted by Crippen LogP contribution is 2.10. The Morgan fingerprint density at radius 2 is 1.67 bits per heavy atom. The number of piperazine rings is 1. The summed E-state index contributed by atoms with van der Waals surface area (Å²) in [5.74, 6) is 0.362. The molecule has 1 saturated heterocycles. The highest BCUT2D eigenvalue weighted by Gasteiger charge is 2.27. The van der Waals surface area contributed by atoms with Crippen LogP contribution in [-0.4, -0.2) is 55.5 Å². The molecule has 5 nitrogen and oxygen atoms in total. The average Bonchev–Trinajstić information content (AvgIpc) is 2.36. The van der Waals surface area contributed by atoms with E-state index >= 15 is 0 Å². The van der Waals surface area contributed by atoms with Crippen LogP contribution in [0.15, 0.2) is 0 Å². The highest BCUT2D eigenvalue weighted by atomic mass is 32.2. The Morgan fingerprint density at radius 1 is 1.06 bits per heavy atom. The molecule has 106 valence electrons. The lowest BCUT2D eigenvalue weighted by molar-refractivity contribution is -0.132. The lowest BCUT2D eigenvalue weighted by Gasteiger charge is -2.34. The molecule has 0 saturated carbocycles. The van der Waals surface area contributed by atoms with E-state index in [-0.39, 0.29) is 11.7 Å². The van der Waals surface area contributed by atoms with Gasteiger partial charge in [0.25, 0.3) is 0 Å². The second-order valence-corrected chi connectivity index (χ2v) is 6.79. The molecule has 1 heterocycles. The molecule has 0 aromatic rings. The van der Waals surface area contributed by atoms with Gasteiger partial charge in [0.2, 0.25) is 15.9 Å². The molecule has 1 aliphatic rings. The summed E-state index contributed by atoms with van der Waals surface area (Å²) in [7, 11) is -3.10. The van der Waals surface area contributed by atoms with Crippen molar-refractivity contribution < 1.29 is 13.2 Å². The summed E-state index contributed by atoms with van der Waals surface area (Å²) < 4.78 is 25.2. The number of carbonyl (C=O) groups is 1. The van der Waals surface area contributed by atoms with Gasteiger partial charge in [-0.1, -0.05) is 20.3 Å². The van der Waals surface area contributed by atoms with Crippen LogP contribution in [0.5, 0.6) is 0 Å². The fraction of sp³-hybridized carbons (Fsp3) is 0.917. The molecule has 1 aliphatic heterocycles. The molecule has 0 radical (unpaired) electrons. The van der Waals surface area contributed by atoms with Crippen LogP contribution in [0.3, 0.4) is 0 Å². The van der Waals surface area contributed by atoms with Crippen molar-refractivity contribution in [1.82, 2.24) is 9.21 Å². The summed E-state index contributed by atoms with van der Waals surface area (Å²) in [5, 5.41) is 0. The van der Waals surface area contributed by atoms with E-state index in [0.29, 0.717) is 39.0 Å². The first-order valence-electron chi connectivity index (χ1n) is 6.76. The first-order chi connectivity index (χ1) is 8.51. The minimum Gasteiger partial charge on any atom is -0.340 e. The van der Waals surface area contributed by atoms with Crippen LogP contribution >= 0.6 is 0 Å². The van der Waals surface area contributed by atoms with Gasteiger partial charge in [0.05, 0.1) is 5.75 Å². The van der Waals surface area contributed by atoms with Crippen LogP contribution in [0.25, 0.3) is 0 Å². The number of nitrogens with zero attached hydrogens (tertiary/aromatic N) is 2. The SMILES string of the molecule is CCCCC(=O)N1CCN(S(=O)(=O)CCC)CC1. The number of carbonyl (C=O) groups excluding carboxylic acids is 1. The molecule has 18 heavy (non-hydrogen) atoms. The van der Waals surface area contributed by atoms with Gasteiger partial charge in [-0.15, -0.1) is 0 Å². The van der Waals surface area contributed by atoms with E-state index in [9.17, 15) is 13.2 Å². The highest BCUT2D eigenvalue weighted by molar-refractivity contribution is 7.89. The zero-order chi connectivity index (χ0) is 13.6. The standard InChI is InChI=1S/C12H24N2O3S/c1-3-5-6-12(15)13-7-9-14(10-8-13)18(16,17)11-4-2/h3-11H2,1-2H3. The fourth-order valence-corrected chi connectivity index (χ4v) is 3.58. The summed E-state index contributed by atoms with van der Waals surface area (Å²) in [6.07, 6.45) is 3.14. The molecule has 1 rings (SSSR count). The Hall–Kier alpha value is -0.620. The van der Waals surface area contributed by atoms with E-state index in [1.165, 1.54) is 4.31 Å². The van der Waals surface area contributed by atoms with E-state index in [2.05, 4.69) is 6.92 Å². The molecule has 1 fully saturated rings. The van der Waals surface area contributed by atoms with Gasteiger partial charge < -0.3 is 4.90 Å². The van der Waals surface area contributed by atoms with Gasteiger partial charge in [-0.2, -0.15) is 4.31 Å². The molecular weight excluding hydrogens is 252 g/mol. The van der Waals surface area contributed by atoms with Crippen LogP contribution in [0.1, 0.15) is 39.5 Å². The summed E-state index contributed by atoms with van der Waals surface area (Å²) in [4.78, 5) is 13.6. The predicted molar refractivity (Wildman–Crippen MR) is 71.8 cm³/mol. The second-order valence-electron chi connectivity index (χ2n) is 4.70. The lowest BCUT2D eigenvalue weighted by Crippen LogP contribution is -2.50. The minimum atomic E-state index is -3.10. The van der Waals surface area contributed by atoms with Crippen molar-refractivity contribution in [2.24, 2.45) is 0 Å². The van der Waals surface area contributed by atoms with E-state index in [4.69, 9.17) is 0 Å². The van der Waals surface area contributed by atoms with Crippen LogP contribution in [-0.2, 0) is 14.8 Å². The van der Waals surface area contributed by atoms with Gasteiger partial charge >= 0.3 is 0 Å². The molecule has 1 amide bonds. The Bertz CT molecular complexity index is 360. The van der Waals surface area contributed by atoms with Crippen molar-refractivity contribution in [3.05, 3.63) is 0 Å². The molecule has 0 spiro atoms. The monoisotopic (exact) mass is 276 g/mol. The van der Waals surface area contributed by atoms with Gasteiger partial charge in [-0.25, -0.2) is 8.42 Å².